The highest BCUT2D eigenvalue weighted by Crippen LogP contribution is 2.27. The smallest absolute Gasteiger partial charge is 0.286 e. The Morgan fingerprint density at radius 2 is 2.12 bits per heavy atom. The van der Waals surface area contributed by atoms with E-state index in [2.05, 4.69) is 9.97 Å². The summed E-state index contributed by atoms with van der Waals surface area (Å²) < 4.78 is 0. The third-order valence-corrected chi connectivity index (χ3v) is 3.21. The molecule has 0 saturated heterocycles. The molecule has 2 aromatic heterocycles. The molecule has 0 aliphatic carbocycles. The molecule has 82 valence electrons. The maximum absolute atomic E-state index is 11.1. The summed E-state index contributed by atoms with van der Waals surface area (Å²) in [6.45, 7) is 3.83. The molecule has 16 heavy (non-hydrogen) atoms. The van der Waals surface area contributed by atoms with E-state index >= 15 is 0 Å². The number of carbonyl (C=O) groups excluding carboxylic acids is 1. The zero-order valence-electron chi connectivity index (χ0n) is 9.02. The van der Waals surface area contributed by atoms with Crippen LogP contribution >= 0.6 is 11.3 Å². The largest absolute Gasteiger partial charge is 0.363 e. The van der Waals surface area contributed by atoms with E-state index in [4.69, 9.17) is 5.73 Å². The molecule has 4 nitrogen and oxygen atoms in total. The van der Waals surface area contributed by atoms with Gasteiger partial charge >= 0.3 is 0 Å². The number of nitrogens with two attached hydrogens (primary N) is 1. The van der Waals surface area contributed by atoms with E-state index in [1.54, 1.807) is 11.3 Å². The first-order valence-corrected chi connectivity index (χ1v) is 5.66. The molecule has 0 fully saturated rings. The van der Waals surface area contributed by atoms with Crippen molar-refractivity contribution in [3.63, 3.8) is 0 Å². The standard InChI is InChI=1S/C11H11N3OS/c1-6-3-4-16-9(6)8-5-7(2)13-11(14-8)10(12)15/h3-5H,1-2H3,(H2,12,15). The Morgan fingerprint density at radius 1 is 1.38 bits per heavy atom. The van der Waals surface area contributed by atoms with Gasteiger partial charge in [0.1, 0.15) is 0 Å². The van der Waals surface area contributed by atoms with Crippen molar-refractivity contribution in [3.05, 3.63) is 34.6 Å². The lowest BCUT2D eigenvalue weighted by Crippen LogP contribution is -2.16. The summed E-state index contributed by atoms with van der Waals surface area (Å²) in [6.07, 6.45) is 0. The topological polar surface area (TPSA) is 68.9 Å². The van der Waals surface area contributed by atoms with Gasteiger partial charge in [0.25, 0.3) is 5.91 Å². The lowest BCUT2D eigenvalue weighted by atomic mass is 10.2. The number of thiophene rings is 1. The van der Waals surface area contributed by atoms with Gasteiger partial charge in [0, 0.05) is 5.69 Å². The van der Waals surface area contributed by atoms with Crippen LogP contribution in [-0.2, 0) is 0 Å². The van der Waals surface area contributed by atoms with Crippen molar-refractivity contribution in [1.82, 2.24) is 9.97 Å². The van der Waals surface area contributed by atoms with E-state index in [-0.39, 0.29) is 5.82 Å². The van der Waals surface area contributed by atoms with E-state index in [0.717, 1.165) is 21.8 Å². The summed E-state index contributed by atoms with van der Waals surface area (Å²) in [6, 6.07) is 3.87. The number of nitrogens with zero attached hydrogens (tertiary/aromatic N) is 2. The first kappa shape index (κ1) is 10.8. The minimum Gasteiger partial charge on any atom is -0.363 e. The number of rotatable bonds is 2. The predicted molar refractivity (Wildman–Crippen MR) is 63.3 cm³/mol. The monoisotopic (exact) mass is 233 g/mol. The number of hydrogen-bond donors (Lipinski definition) is 1. The average molecular weight is 233 g/mol. The van der Waals surface area contributed by atoms with Crippen LogP contribution in [0.3, 0.4) is 0 Å². The predicted octanol–water partition coefficient (Wildman–Crippen LogP) is 1.92. The normalized spacial score (nSPS) is 10.4. The molecule has 0 unspecified atom stereocenters. The summed E-state index contributed by atoms with van der Waals surface area (Å²) in [5.74, 6) is -0.526. The van der Waals surface area contributed by atoms with Gasteiger partial charge < -0.3 is 5.73 Å². The molecule has 2 aromatic rings. The van der Waals surface area contributed by atoms with Gasteiger partial charge in [-0.2, -0.15) is 0 Å². The van der Waals surface area contributed by atoms with Crippen molar-refractivity contribution >= 4 is 17.2 Å². The second-order valence-corrected chi connectivity index (χ2v) is 4.43. The number of aromatic nitrogens is 2. The summed E-state index contributed by atoms with van der Waals surface area (Å²) in [5.41, 5.74) is 7.82. The molecule has 5 heteroatoms. The van der Waals surface area contributed by atoms with Gasteiger partial charge in [-0.15, -0.1) is 11.3 Å². The van der Waals surface area contributed by atoms with Gasteiger partial charge in [0.15, 0.2) is 0 Å². The molecule has 0 aliphatic rings. The molecular weight excluding hydrogens is 222 g/mol. The fourth-order valence-corrected chi connectivity index (χ4v) is 2.32. The van der Waals surface area contributed by atoms with E-state index in [1.807, 2.05) is 31.4 Å². The van der Waals surface area contributed by atoms with Crippen molar-refractivity contribution in [2.45, 2.75) is 13.8 Å². The average Bonchev–Trinajstić information content (AvgIpc) is 2.63. The second-order valence-electron chi connectivity index (χ2n) is 3.52. The molecule has 0 bridgehead atoms. The van der Waals surface area contributed by atoms with Crippen molar-refractivity contribution < 1.29 is 4.79 Å². The zero-order chi connectivity index (χ0) is 11.7. The fourth-order valence-electron chi connectivity index (χ4n) is 1.43. The Bertz CT molecular complexity index is 548. The lowest BCUT2D eigenvalue weighted by Gasteiger charge is -2.02. The second kappa shape index (κ2) is 4.02. The van der Waals surface area contributed by atoms with E-state index in [9.17, 15) is 4.79 Å². The van der Waals surface area contributed by atoms with E-state index in [0.29, 0.717) is 0 Å². The van der Waals surface area contributed by atoms with Gasteiger partial charge in [-0.1, -0.05) is 0 Å². The van der Waals surface area contributed by atoms with Gasteiger partial charge in [-0.3, -0.25) is 4.79 Å². The maximum atomic E-state index is 11.1. The molecular formula is C11H11N3OS. The minimum atomic E-state index is -0.598. The van der Waals surface area contributed by atoms with Crippen molar-refractivity contribution in [1.29, 1.82) is 0 Å². The van der Waals surface area contributed by atoms with Crippen LogP contribution in [0.5, 0.6) is 0 Å². The van der Waals surface area contributed by atoms with Crippen LogP contribution in [0.4, 0.5) is 0 Å². The van der Waals surface area contributed by atoms with Gasteiger partial charge in [-0.25, -0.2) is 9.97 Å². The molecule has 2 heterocycles. The molecule has 2 N–H and O–H groups in total. The van der Waals surface area contributed by atoms with Crippen molar-refractivity contribution in [2.75, 3.05) is 0 Å². The Balaban J connectivity index is 2.58. The van der Waals surface area contributed by atoms with Gasteiger partial charge in [0.2, 0.25) is 5.82 Å². The van der Waals surface area contributed by atoms with Crippen LogP contribution in [0.25, 0.3) is 10.6 Å². The molecule has 1 amide bonds. The molecule has 0 saturated carbocycles. The Labute approximate surface area is 97.2 Å². The highest BCUT2D eigenvalue weighted by molar-refractivity contribution is 7.13. The lowest BCUT2D eigenvalue weighted by molar-refractivity contribution is 0.0990. The first-order chi connectivity index (χ1) is 7.58. The molecule has 0 aromatic carbocycles. The Hall–Kier alpha value is -1.75. The molecule has 0 atom stereocenters. The third kappa shape index (κ3) is 1.94. The molecule has 0 radical (unpaired) electrons. The number of amides is 1. The van der Waals surface area contributed by atoms with Crippen molar-refractivity contribution in [2.24, 2.45) is 5.73 Å². The third-order valence-electron chi connectivity index (χ3n) is 2.17. The van der Waals surface area contributed by atoms with Crippen LogP contribution in [0.1, 0.15) is 21.9 Å². The van der Waals surface area contributed by atoms with Crippen molar-refractivity contribution in [3.8, 4) is 10.6 Å². The van der Waals surface area contributed by atoms with E-state index in [1.165, 1.54) is 0 Å². The highest BCUT2D eigenvalue weighted by Gasteiger charge is 2.11. The summed E-state index contributed by atoms with van der Waals surface area (Å²) >= 11 is 1.59. The SMILES string of the molecule is Cc1cc(-c2sccc2C)nc(C(N)=O)n1. The van der Waals surface area contributed by atoms with Crippen LogP contribution in [-0.4, -0.2) is 15.9 Å². The molecule has 0 aliphatic heterocycles. The van der Waals surface area contributed by atoms with E-state index < -0.39 is 5.91 Å². The van der Waals surface area contributed by atoms with Crippen LogP contribution in [0, 0.1) is 13.8 Å². The highest BCUT2D eigenvalue weighted by atomic mass is 32.1. The zero-order valence-corrected chi connectivity index (χ0v) is 9.84. The molecule has 0 spiro atoms. The number of carbonyl (C=O) groups is 1. The number of primary amides is 1. The number of hydrogen-bond acceptors (Lipinski definition) is 4. The van der Waals surface area contributed by atoms with Gasteiger partial charge in [0.05, 0.1) is 10.6 Å². The van der Waals surface area contributed by atoms with Crippen LogP contribution in [0.15, 0.2) is 17.5 Å². The summed E-state index contributed by atoms with van der Waals surface area (Å²) in [7, 11) is 0. The van der Waals surface area contributed by atoms with Crippen LogP contribution in [0.2, 0.25) is 0 Å². The fraction of sp³-hybridized carbons (Fsp3) is 0.182. The Kier molecular flexibility index (Phi) is 2.70. The first-order valence-electron chi connectivity index (χ1n) is 4.78. The van der Waals surface area contributed by atoms with Crippen LogP contribution < -0.4 is 5.73 Å². The summed E-state index contributed by atoms with van der Waals surface area (Å²) in [5, 5.41) is 1.99. The van der Waals surface area contributed by atoms with Gasteiger partial charge in [-0.05, 0) is 36.9 Å². The Morgan fingerprint density at radius 3 is 2.69 bits per heavy atom. The minimum absolute atomic E-state index is 0.0720. The molecule has 2 rings (SSSR count). The summed E-state index contributed by atoms with van der Waals surface area (Å²) in [4.78, 5) is 20.3. The number of aryl methyl sites for hydroxylation is 2. The quantitative estimate of drug-likeness (QED) is 0.861. The maximum Gasteiger partial charge on any atom is 0.286 e.